The van der Waals surface area contributed by atoms with Gasteiger partial charge in [0.25, 0.3) is 0 Å². The van der Waals surface area contributed by atoms with Gasteiger partial charge in [-0.25, -0.2) is 0 Å². The van der Waals surface area contributed by atoms with Gasteiger partial charge in [0.1, 0.15) is 6.87 Å². The van der Waals surface area contributed by atoms with E-state index in [0.29, 0.717) is 0 Å². The number of hydrogen-bond donors (Lipinski definition) is 0. The molecule has 0 fully saturated rings. The van der Waals surface area contributed by atoms with Gasteiger partial charge in [-0.15, -0.1) is 6.58 Å². The van der Waals surface area contributed by atoms with E-state index in [0.717, 1.165) is 0 Å². The van der Waals surface area contributed by atoms with Crippen LogP contribution in [0.15, 0.2) is 12.7 Å². The Labute approximate surface area is 36.9 Å². The molecule has 0 amide bonds. The summed E-state index contributed by atoms with van der Waals surface area (Å²) in [6.07, 6.45) is 3.18. The Balaban J connectivity index is 2.40. The van der Waals surface area contributed by atoms with Crippen molar-refractivity contribution in [3.05, 3.63) is 12.7 Å². The molecule has 0 heterocycles. The van der Waals surface area contributed by atoms with Crippen LogP contribution in [-0.4, -0.2) is 17.0 Å². The third-order valence-corrected chi connectivity index (χ3v) is 1.07. The van der Waals surface area contributed by atoms with E-state index in [1.165, 1.54) is 23.3 Å². The van der Waals surface area contributed by atoms with Gasteiger partial charge in [-0.1, -0.05) is 12.4 Å². The van der Waals surface area contributed by atoms with Crippen molar-refractivity contribution in [3.8, 4) is 0 Å². The molecule has 0 aliphatic rings. The predicted octanol–water partition coefficient (Wildman–Crippen LogP) is -0.692. The topological polar surface area (TPSA) is 0 Å². The zero-order chi connectivity index (χ0) is 4.12. The lowest BCUT2D eigenvalue weighted by molar-refractivity contribution is 1.75. The third kappa shape index (κ3) is 4.02. The van der Waals surface area contributed by atoms with E-state index in [1.807, 2.05) is 6.08 Å². The first-order valence-electron chi connectivity index (χ1n) is 2.02. The molecule has 0 radical (unpaired) electrons. The summed E-state index contributed by atoms with van der Waals surface area (Å²) in [6.45, 7) is 4.94. The normalized spacial score (nSPS) is 7.20. The van der Waals surface area contributed by atoms with Crippen LogP contribution in [0, 0.1) is 0 Å². The van der Waals surface area contributed by atoms with Crippen LogP contribution in [-0.2, 0) is 0 Å². The fourth-order valence-corrected chi connectivity index (χ4v) is 0.612. The Morgan fingerprint density at radius 3 is 2.60 bits per heavy atom. The van der Waals surface area contributed by atoms with Gasteiger partial charge < -0.3 is 0 Å². The molecular formula is C3H9BSi. The molecule has 0 aliphatic heterocycles. The van der Waals surface area contributed by atoms with Gasteiger partial charge in [-0.2, -0.15) is 0 Å². The molecule has 0 unspecified atom stereocenters. The van der Waals surface area contributed by atoms with Gasteiger partial charge in [-0.05, 0) is 10.1 Å². The van der Waals surface area contributed by atoms with Crippen molar-refractivity contribution in [2.24, 2.45) is 0 Å². The van der Waals surface area contributed by atoms with Crippen molar-refractivity contribution in [2.75, 3.05) is 0 Å². The molecule has 0 aliphatic carbocycles. The van der Waals surface area contributed by atoms with Crippen LogP contribution in [0.5, 0.6) is 0 Å². The predicted molar refractivity (Wildman–Crippen MR) is 32.1 cm³/mol. The first kappa shape index (κ1) is 5.02. The smallest absolute Gasteiger partial charge is 0.104 e. The van der Waals surface area contributed by atoms with Crippen LogP contribution >= 0.6 is 0 Å². The van der Waals surface area contributed by atoms with E-state index in [2.05, 4.69) is 6.58 Å². The highest BCUT2D eigenvalue weighted by Gasteiger charge is 1.66. The first-order valence-corrected chi connectivity index (χ1v) is 3.44. The van der Waals surface area contributed by atoms with Crippen LogP contribution in [0.2, 0.25) is 6.32 Å². The van der Waals surface area contributed by atoms with Gasteiger partial charge in [0, 0.05) is 0 Å². The highest BCUT2D eigenvalue weighted by atomic mass is 28.1. The summed E-state index contributed by atoms with van der Waals surface area (Å²) in [4.78, 5) is 0. The largest absolute Gasteiger partial charge is 0.109 e. The Morgan fingerprint density at radius 1 is 2.00 bits per heavy atom. The van der Waals surface area contributed by atoms with E-state index < -0.39 is 0 Å². The van der Waals surface area contributed by atoms with E-state index in [4.69, 9.17) is 0 Å². The van der Waals surface area contributed by atoms with Crippen molar-refractivity contribution in [2.45, 2.75) is 6.32 Å². The van der Waals surface area contributed by atoms with Gasteiger partial charge in [0.05, 0.1) is 0 Å². The Bertz CT molecular complexity index is 28.1. The van der Waals surface area contributed by atoms with Crippen molar-refractivity contribution in [3.63, 3.8) is 0 Å². The molecule has 0 bridgehead atoms. The van der Waals surface area contributed by atoms with Crippen molar-refractivity contribution >= 4 is 17.0 Å². The minimum atomic E-state index is 1.21. The fraction of sp³-hybridized carbons (Fsp3) is 0.333. The molecule has 2 heteroatoms. The summed E-state index contributed by atoms with van der Waals surface area (Å²) in [5.41, 5.74) is 0. The first-order chi connectivity index (χ1) is 2.41. The molecular weight excluding hydrogens is 74.9 g/mol. The van der Waals surface area contributed by atoms with Crippen LogP contribution in [0.1, 0.15) is 0 Å². The van der Waals surface area contributed by atoms with Crippen molar-refractivity contribution in [1.82, 2.24) is 0 Å². The fourth-order valence-electron chi connectivity index (χ4n) is 0.204. The second-order valence-corrected chi connectivity index (χ2v) is 2.08. The molecule has 0 saturated carbocycles. The molecule has 0 aromatic rings. The molecule has 0 atom stereocenters. The lowest BCUT2D eigenvalue weighted by Crippen LogP contribution is -1.79. The van der Waals surface area contributed by atoms with Crippen LogP contribution in [0.25, 0.3) is 0 Å². The Hall–Kier alpha value is 0.0218. The molecule has 5 heavy (non-hydrogen) atoms. The lowest BCUT2D eigenvalue weighted by Gasteiger charge is -1.69. The minimum Gasteiger partial charge on any atom is -0.104 e. The van der Waals surface area contributed by atoms with E-state index in [-0.39, 0.29) is 0 Å². The summed E-state index contributed by atoms with van der Waals surface area (Å²) < 4.78 is 0. The SMILES string of the molecule is C=CCB[SiH3]. The molecule has 0 rings (SSSR count). The molecule has 0 spiro atoms. The van der Waals surface area contributed by atoms with E-state index in [1.54, 1.807) is 0 Å². The number of hydrogen-bond acceptors (Lipinski definition) is 0. The lowest BCUT2D eigenvalue weighted by atomic mass is 10.0. The van der Waals surface area contributed by atoms with Crippen LogP contribution < -0.4 is 0 Å². The van der Waals surface area contributed by atoms with Crippen LogP contribution in [0.4, 0.5) is 0 Å². The maximum Gasteiger partial charge on any atom is 0.109 e. The van der Waals surface area contributed by atoms with Gasteiger partial charge in [0.15, 0.2) is 0 Å². The molecule has 0 nitrogen and oxygen atoms in total. The summed E-state index contributed by atoms with van der Waals surface area (Å²) in [5.74, 6) is 0. The van der Waals surface area contributed by atoms with Gasteiger partial charge in [-0.3, -0.25) is 0 Å². The second kappa shape index (κ2) is 4.02. The molecule has 28 valence electrons. The third-order valence-electron chi connectivity index (χ3n) is 0.493. The standard InChI is InChI=1S/C3H9BSi/c1-2-3-4-5/h2,4H,1,3H2,5H3. The number of rotatable bonds is 2. The highest BCUT2D eigenvalue weighted by Crippen LogP contribution is 1.68. The molecule has 0 aromatic heterocycles. The van der Waals surface area contributed by atoms with E-state index in [9.17, 15) is 0 Å². The molecule has 0 aromatic carbocycles. The van der Waals surface area contributed by atoms with Gasteiger partial charge >= 0.3 is 0 Å². The summed E-state index contributed by atoms with van der Waals surface area (Å²) >= 11 is 0. The monoisotopic (exact) mass is 84.1 g/mol. The van der Waals surface area contributed by atoms with Crippen LogP contribution in [0.3, 0.4) is 0 Å². The average molecular weight is 84.0 g/mol. The minimum absolute atomic E-state index is 1.21. The molecule has 0 saturated heterocycles. The van der Waals surface area contributed by atoms with Gasteiger partial charge in [0.2, 0.25) is 0 Å². The van der Waals surface area contributed by atoms with Crippen molar-refractivity contribution < 1.29 is 0 Å². The average Bonchev–Trinajstić information content (AvgIpc) is 1.41. The maximum absolute atomic E-state index is 3.57. The zero-order valence-electron chi connectivity index (χ0n) is 3.70. The Morgan fingerprint density at radius 2 is 2.60 bits per heavy atom. The maximum atomic E-state index is 3.57. The second-order valence-electron chi connectivity index (χ2n) is 1.08. The summed E-state index contributed by atoms with van der Waals surface area (Å²) in [5, 5.41) is 0. The Kier molecular flexibility index (Phi) is 4.04. The highest BCUT2D eigenvalue weighted by molar-refractivity contribution is 6.89. The van der Waals surface area contributed by atoms with Crippen molar-refractivity contribution in [1.29, 1.82) is 0 Å². The molecule has 0 N–H and O–H groups in total. The number of allylic oxidation sites excluding steroid dienone is 1. The quantitative estimate of drug-likeness (QED) is 0.307. The van der Waals surface area contributed by atoms with E-state index >= 15 is 0 Å². The zero-order valence-corrected chi connectivity index (χ0v) is 5.70. The summed E-state index contributed by atoms with van der Waals surface area (Å²) in [6, 6.07) is 0. The summed E-state index contributed by atoms with van der Waals surface area (Å²) in [7, 11) is 1.33.